The van der Waals surface area contributed by atoms with E-state index in [0.29, 0.717) is 23.1 Å². The summed E-state index contributed by atoms with van der Waals surface area (Å²) >= 11 is 1.01. The molecule has 0 spiro atoms. The average Bonchev–Trinajstić information content (AvgIpc) is 2.76. The minimum atomic E-state index is -0.978. The zero-order valence-corrected chi connectivity index (χ0v) is 12.6. The molecule has 0 aliphatic carbocycles. The molecule has 7 heteroatoms. The predicted molar refractivity (Wildman–Crippen MR) is 77.5 cm³/mol. The van der Waals surface area contributed by atoms with Gasteiger partial charge in [-0.15, -0.1) is 0 Å². The van der Waals surface area contributed by atoms with Crippen molar-refractivity contribution in [3.8, 4) is 0 Å². The molecule has 0 bridgehead atoms. The van der Waals surface area contributed by atoms with Gasteiger partial charge in [-0.25, -0.2) is 13.8 Å². The summed E-state index contributed by atoms with van der Waals surface area (Å²) in [5.74, 6) is -2.63. The Morgan fingerprint density at radius 2 is 2.14 bits per heavy atom. The Kier molecular flexibility index (Phi) is 4.82. The van der Waals surface area contributed by atoms with Crippen molar-refractivity contribution in [2.75, 3.05) is 5.75 Å². The molecule has 0 aliphatic rings. The van der Waals surface area contributed by atoms with E-state index in [0.717, 1.165) is 24.2 Å². The Balaban J connectivity index is 2.47. The zero-order chi connectivity index (χ0) is 15.6. The molecule has 0 amide bonds. The second kappa shape index (κ2) is 6.43. The van der Waals surface area contributed by atoms with Crippen LogP contribution in [0.5, 0.6) is 0 Å². The van der Waals surface area contributed by atoms with Crippen LogP contribution in [0.25, 0.3) is 11.0 Å². The van der Waals surface area contributed by atoms with Gasteiger partial charge in [0.25, 0.3) is 0 Å². The Labute approximate surface area is 125 Å². The lowest BCUT2D eigenvalue weighted by Crippen LogP contribution is -2.06. The van der Waals surface area contributed by atoms with E-state index in [4.69, 9.17) is 5.11 Å². The van der Waals surface area contributed by atoms with Gasteiger partial charge in [-0.2, -0.15) is 0 Å². The SMILES string of the molecule is CC(C)CCn1c(SCC(=O)O)nc2ccc(F)c(F)c21. The molecule has 2 aromatic rings. The molecule has 4 nitrogen and oxygen atoms in total. The molecule has 0 unspecified atom stereocenters. The van der Waals surface area contributed by atoms with Crippen molar-refractivity contribution >= 4 is 28.8 Å². The molecule has 1 aromatic carbocycles. The normalized spacial score (nSPS) is 11.5. The van der Waals surface area contributed by atoms with Gasteiger partial charge in [0.2, 0.25) is 0 Å². The van der Waals surface area contributed by atoms with Crippen molar-refractivity contribution < 1.29 is 18.7 Å². The van der Waals surface area contributed by atoms with Crippen LogP contribution in [-0.2, 0) is 11.3 Å². The van der Waals surface area contributed by atoms with E-state index in [1.54, 1.807) is 4.57 Å². The van der Waals surface area contributed by atoms with E-state index >= 15 is 0 Å². The lowest BCUT2D eigenvalue weighted by atomic mass is 10.1. The smallest absolute Gasteiger partial charge is 0.313 e. The Morgan fingerprint density at radius 3 is 2.76 bits per heavy atom. The highest BCUT2D eigenvalue weighted by molar-refractivity contribution is 7.99. The van der Waals surface area contributed by atoms with Gasteiger partial charge in [0.1, 0.15) is 5.52 Å². The first-order chi connectivity index (χ1) is 9.90. The molecule has 1 aromatic heterocycles. The number of aliphatic carboxylic acids is 1. The summed E-state index contributed by atoms with van der Waals surface area (Å²) in [5.41, 5.74) is 0.439. The Morgan fingerprint density at radius 1 is 1.43 bits per heavy atom. The van der Waals surface area contributed by atoms with Crippen LogP contribution in [0, 0.1) is 17.6 Å². The highest BCUT2D eigenvalue weighted by atomic mass is 32.2. The number of nitrogens with zero attached hydrogens (tertiary/aromatic N) is 2. The second-order valence-corrected chi connectivity index (χ2v) is 6.08. The van der Waals surface area contributed by atoms with Gasteiger partial charge >= 0.3 is 5.97 Å². The van der Waals surface area contributed by atoms with Gasteiger partial charge in [-0.05, 0) is 24.5 Å². The summed E-state index contributed by atoms with van der Waals surface area (Å²) in [7, 11) is 0. The number of rotatable bonds is 6. The maximum atomic E-state index is 14.0. The number of carbonyl (C=O) groups is 1. The number of thioether (sulfide) groups is 1. The van der Waals surface area contributed by atoms with Crippen molar-refractivity contribution in [2.24, 2.45) is 5.92 Å². The summed E-state index contributed by atoms with van der Waals surface area (Å²) in [5, 5.41) is 9.17. The van der Waals surface area contributed by atoms with Crippen molar-refractivity contribution in [1.29, 1.82) is 0 Å². The van der Waals surface area contributed by atoms with E-state index in [-0.39, 0.29) is 11.3 Å². The number of benzene rings is 1. The van der Waals surface area contributed by atoms with E-state index in [9.17, 15) is 13.6 Å². The van der Waals surface area contributed by atoms with Crippen LogP contribution in [0.4, 0.5) is 8.78 Å². The van der Waals surface area contributed by atoms with Crippen molar-refractivity contribution in [2.45, 2.75) is 32.0 Å². The molecule has 0 saturated heterocycles. The largest absolute Gasteiger partial charge is 0.481 e. The van der Waals surface area contributed by atoms with Crippen LogP contribution in [0.15, 0.2) is 17.3 Å². The monoisotopic (exact) mass is 314 g/mol. The highest BCUT2D eigenvalue weighted by Crippen LogP contribution is 2.28. The van der Waals surface area contributed by atoms with Gasteiger partial charge < -0.3 is 9.67 Å². The van der Waals surface area contributed by atoms with Crippen LogP contribution < -0.4 is 0 Å². The molecular formula is C14H16F2N2O2S. The molecule has 2 rings (SSSR count). The van der Waals surface area contributed by atoms with Crippen LogP contribution in [0.3, 0.4) is 0 Å². The van der Waals surface area contributed by atoms with Gasteiger partial charge in [0.15, 0.2) is 16.8 Å². The first kappa shape index (κ1) is 15.8. The van der Waals surface area contributed by atoms with Crippen molar-refractivity contribution in [1.82, 2.24) is 9.55 Å². The number of fused-ring (bicyclic) bond motifs is 1. The van der Waals surface area contributed by atoms with Gasteiger partial charge in [-0.1, -0.05) is 25.6 Å². The van der Waals surface area contributed by atoms with Gasteiger partial charge in [-0.3, -0.25) is 4.79 Å². The number of imidazole rings is 1. The molecular weight excluding hydrogens is 298 g/mol. The van der Waals surface area contributed by atoms with Crippen LogP contribution in [0.2, 0.25) is 0 Å². The fourth-order valence-corrected chi connectivity index (χ4v) is 2.72. The predicted octanol–water partition coefficient (Wildman–Crippen LogP) is 3.54. The van der Waals surface area contributed by atoms with E-state index in [1.807, 2.05) is 13.8 Å². The highest BCUT2D eigenvalue weighted by Gasteiger charge is 2.18. The summed E-state index contributed by atoms with van der Waals surface area (Å²) in [6.07, 6.45) is 0.766. The maximum Gasteiger partial charge on any atom is 0.313 e. The third kappa shape index (κ3) is 3.53. The fraction of sp³-hybridized carbons (Fsp3) is 0.429. The average molecular weight is 314 g/mol. The lowest BCUT2D eigenvalue weighted by molar-refractivity contribution is -0.133. The Hall–Kier alpha value is -1.63. The first-order valence-corrected chi connectivity index (χ1v) is 7.57. The number of aryl methyl sites for hydroxylation is 1. The van der Waals surface area contributed by atoms with Crippen LogP contribution in [0.1, 0.15) is 20.3 Å². The zero-order valence-electron chi connectivity index (χ0n) is 11.8. The number of aromatic nitrogens is 2. The van der Waals surface area contributed by atoms with E-state index in [2.05, 4.69) is 4.98 Å². The molecule has 114 valence electrons. The van der Waals surface area contributed by atoms with Gasteiger partial charge in [0, 0.05) is 6.54 Å². The quantitative estimate of drug-likeness (QED) is 0.829. The summed E-state index contributed by atoms with van der Waals surface area (Å²) in [6.45, 7) is 4.52. The molecule has 21 heavy (non-hydrogen) atoms. The van der Waals surface area contributed by atoms with E-state index in [1.165, 1.54) is 6.07 Å². The minimum absolute atomic E-state index is 0.100. The summed E-state index contributed by atoms with van der Waals surface area (Å²) < 4.78 is 29.0. The van der Waals surface area contributed by atoms with Crippen LogP contribution in [-0.4, -0.2) is 26.4 Å². The number of halogens is 2. The van der Waals surface area contributed by atoms with Crippen LogP contribution >= 0.6 is 11.8 Å². The second-order valence-electron chi connectivity index (χ2n) is 5.14. The topological polar surface area (TPSA) is 55.1 Å². The summed E-state index contributed by atoms with van der Waals surface area (Å²) in [6, 6.07) is 2.44. The Bertz CT molecular complexity index is 671. The number of carboxylic acids is 1. The molecule has 0 atom stereocenters. The standard InChI is InChI=1S/C14H16F2N2O2S/c1-8(2)5-6-18-13-10(4-3-9(15)12(13)16)17-14(18)21-7-11(19)20/h3-4,8H,5-7H2,1-2H3,(H,19,20). The van der Waals surface area contributed by atoms with Gasteiger partial charge in [0.05, 0.1) is 11.3 Å². The molecule has 0 radical (unpaired) electrons. The molecule has 1 heterocycles. The fourth-order valence-electron chi connectivity index (χ4n) is 1.97. The van der Waals surface area contributed by atoms with Crippen molar-refractivity contribution in [3.63, 3.8) is 0 Å². The molecule has 1 N–H and O–H groups in total. The minimum Gasteiger partial charge on any atom is -0.481 e. The molecule has 0 fully saturated rings. The maximum absolute atomic E-state index is 14.0. The number of hydrogen-bond donors (Lipinski definition) is 1. The number of hydrogen-bond acceptors (Lipinski definition) is 3. The molecule has 0 aliphatic heterocycles. The van der Waals surface area contributed by atoms with E-state index < -0.39 is 17.6 Å². The molecule has 0 saturated carbocycles. The third-order valence-corrected chi connectivity index (χ3v) is 3.98. The lowest BCUT2D eigenvalue weighted by Gasteiger charge is -2.10. The summed E-state index contributed by atoms with van der Waals surface area (Å²) in [4.78, 5) is 14.9. The number of carboxylic acid groups (broad SMARTS) is 1. The van der Waals surface area contributed by atoms with Crippen molar-refractivity contribution in [3.05, 3.63) is 23.8 Å². The third-order valence-electron chi connectivity index (χ3n) is 3.02. The first-order valence-electron chi connectivity index (χ1n) is 6.59.